The molecule has 0 saturated heterocycles. The Balaban J connectivity index is 2.82. The second-order valence-electron chi connectivity index (χ2n) is 5.03. The summed E-state index contributed by atoms with van der Waals surface area (Å²) < 4.78 is 7.56. The Labute approximate surface area is 117 Å². The van der Waals surface area contributed by atoms with Gasteiger partial charge < -0.3 is 10.5 Å². The Kier molecular flexibility index (Phi) is 7.10. The first kappa shape index (κ1) is 16.2. The molecule has 1 rings (SSSR count). The number of hydrogen-bond donors (Lipinski definition) is 1. The first-order chi connectivity index (χ1) is 9.13. The molecule has 1 aromatic rings. The molecule has 0 fully saturated rings. The predicted octanol–water partition coefficient (Wildman–Crippen LogP) is 2.32. The summed E-state index contributed by atoms with van der Waals surface area (Å²) in [5, 5.41) is 4.76. The highest BCUT2D eigenvalue weighted by Gasteiger charge is 2.16. The van der Waals surface area contributed by atoms with Crippen LogP contribution >= 0.6 is 0 Å². The molecule has 1 heterocycles. The summed E-state index contributed by atoms with van der Waals surface area (Å²) >= 11 is 0. The summed E-state index contributed by atoms with van der Waals surface area (Å²) in [6.07, 6.45) is 3.94. The molecule has 0 aliphatic carbocycles. The maximum atomic E-state index is 5.96. The van der Waals surface area contributed by atoms with Crippen molar-refractivity contribution in [1.82, 2.24) is 9.78 Å². The predicted molar refractivity (Wildman–Crippen MR) is 79.4 cm³/mol. The van der Waals surface area contributed by atoms with E-state index in [0.29, 0.717) is 0 Å². The summed E-state index contributed by atoms with van der Waals surface area (Å²) in [4.78, 5) is 0. The Morgan fingerprint density at radius 3 is 2.53 bits per heavy atom. The first-order valence-corrected chi connectivity index (χ1v) is 7.54. The van der Waals surface area contributed by atoms with Crippen LogP contribution in [0.2, 0.25) is 0 Å². The van der Waals surface area contributed by atoms with Crippen molar-refractivity contribution in [3.63, 3.8) is 0 Å². The highest BCUT2D eigenvalue weighted by molar-refractivity contribution is 5.27. The molecule has 0 aliphatic heterocycles. The van der Waals surface area contributed by atoms with Gasteiger partial charge in [-0.05, 0) is 45.1 Å². The minimum atomic E-state index is 0.191. The van der Waals surface area contributed by atoms with Crippen molar-refractivity contribution in [3.8, 4) is 0 Å². The fraction of sp³-hybridized carbons (Fsp3) is 0.800. The zero-order chi connectivity index (χ0) is 14.3. The maximum absolute atomic E-state index is 5.96. The zero-order valence-corrected chi connectivity index (χ0v) is 12.9. The van der Waals surface area contributed by atoms with Crippen LogP contribution in [0.3, 0.4) is 0 Å². The molecule has 0 amide bonds. The van der Waals surface area contributed by atoms with Crippen LogP contribution in [0.25, 0.3) is 0 Å². The number of hydrogen-bond acceptors (Lipinski definition) is 3. The molecule has 1 unspecified atom stereocenters. The van der Waals surface area contributed by atoms with Gasteiger partial charge in [-0.25, -0.2) is 0 Å². The van der Waals surface area contributed by atoms with Crippen LogP contribution in [-0.2, 0) is 30.5 Å². The fourth-order valence-corrected chi connectivity index (χ4v) is 2.47. The third kappa shape index (κ3) is 4.62. The summed E-state index contributed by atoms with van der Waals surface area (Å²) in [6.45, 7) is 11.0. The van der Waals surface area contributed by atoms with Crippen LogP contribution < -0.4 is 5.73 Å². The number of rotatable bonds is 9. The summed E-state index contributed by atoms with van der Waals surface area (Å²) in [5.74, 6) is 0. The van der Waals surface area contributed by atoms with Gasteiger partial charge in [-0.15, -0.1) is 0 Å². The molecular formula is C15H29N3O. The number of nitrogens with zero attached hydrogens (tertiary/aromatic N) is 2. The largest absolute Gasteiger partial charge is 0.382 e. The van der Waals surface area contributed by atoms with Crippen molar-refractivity contribution < 1.29 is 4.74 Å². The van der Waals surface area contributed by atoms with Crippen molar-refractivity contribution in [2.75, 3.05) is 13.2 Å². The number of ether oxygens (including phenoxy) is 1. The van der Waals surface area contributed by atoms with Gasteiger partial charge in [-0.1, -0.05) is 13.8 Å². The van der Waals surface area contributed by atoms with E-state index in [-0.39, 0.29) is 6.04 Å². The topological polar surface area (TPSA) is 53.1 Å². The molecule has 4 heteroatoms. The fourth-order valence-electron chi connectivity index (χ4n) is 2.47. The number of aromatic nitrogens is 2. The molecule has 0 radical (unpaired) electrons. The lowest BCUT2D eigenvalue weighted by molar-refractivity contribution is 0.140. The molecule has 110 valence electrons. The Morgan fingerprint density at radius 1 is 1.26 bits per heavy atom. The summed E-state index contributed by atoms with van der Waals surface area (Å²) in [7, 11) is 0. The molecule has 19 heavy (non-hydrogen) atoms. The van der Waals surface area contributed by atoms with Gasteiger partial charge in [0, 0.05) is 31.5 Å². The minimum absolute atomic E-state index is 0.191. The van der Waals surface area contributed by atoms with E-state index in [2.05, 4.69) is 25.5 Å². The standard InChI is InChI=1S/C15H29N3O/c1-5-14-13(11-12(4)16)15(6-2)18(17-14)9-8-10-19-7-3/h12H,5-11,16H2,1-4H3. The normalized spacial score (nSPS) is 12.9. The molecule has 4 nitrogen and oxygen atoms in total. The molecule has 1 atom stereocenters. The van der Waals surface area contributed by atoms with E-state index in [1.165, 1.54) is 17.0 Å². The average molecular weight is 267 g/mol. The first-order valence-electron chi connectivity index (χ1n) is 7.54. The summed E-state index contributed by atoms with van der Waals surface area (Å²) in [5.41, 5.74) is 9.90. The second-order valence-corrected chi connectivity index (χ2v) is 5.03. The van der Waals surface area contributed by atoms with Gasteiger partial charge in [-0.2, -0.15) is 5.10 Å². The van der Waals surface area contributed by atoms with Crippen molar-refractivity contribution in [2.45, 2.75) is 66.0 Å². The molecule has 0 aromatic carbocycles. The zero-order valence-electron chi connectivity index (χ0n) is 12.9. The maximum Gasteiger partial charge on any atom is 0.0657 e. The van der Waals surface area contributed by atoms with E-state index >= 15 is 0 Å². The smallest absolute Gasteiger partial charge is 0.0657 e. The minimum Gasteiger partial charge on any atom is -0.382 e. The van der Waals surface area contributed by atoms with Gasteiger partial charge in [-0.3, -0.25) is 4.68 Å². The lowest BCUT2D eigenvalue weighted by atomic mass is 10.0. The van der Waals surface area contributed by atoms with E-state index in [0.717, 1.165) is 45.4 Å². The highest BCUT2D eigenvalue weighted by atomic mass is 16.5. The lowest BCUT2D eigenvalue weighted by Crippen LogP contribution is -2.19. The van der Waals surface area contributed by atoms with Crippen LogP contribution in [0, 0.1) is 0 Å². The van der Waals surface area contributed by atoms with Crippen molar-refractivity contribution in [2.24, 2.45) is 5.73 Å². The number of nitrogens with two attached hydrogens (primary N) is 1. The molecular weight excluding hydrogens is 238 g/mol. The van der Waals surface area contributed by atoms with E-state index in [1.54, 1.807) is 0 Å². The monoisotopic (exact) mass is 267 g/mol. The second kappa shape index (κ2) is 8.33. The third-order valence-corrected chi connectivity index (χ3v) is 3.31. The van der Waals surface area contributed by atoms with E-state index in [1.807, 2.05) is 6.92 Å². The van der Waals surface area contributed by atoms with Gasteiger partial charge in [0.1, 0.15) is 0 Å². The van der Waals surface area contributed by atoms with Crippen molar-refractivity contribution in [3.05, 3.63) is 17.0 Å². The van der Waals surface area contributed by atoms with Gasteiger partial charge in [0.2, 0.25) is 0 Å². The average Bonchev–Trinajstić information content (AvgIpc) is 2.71. The van der Waals surface area contributed by atoms with Crippen LogP contribution in [-0.4, -0.2) is 29.0 Å². The van der Waals surface area contributed by atoms with Crippen LogP contribution in [0.5, 0.6) is 0 Å². The highest BCUT2D eigenvalue weighted by Crippen LogP contribution is 2.18. The van der Waals surface area contributed by atoms with Crippen molar-refractivity contribution >= 4 is 0 Å². The molecule has 0 spiro atoms. The lowest BCUT2D eigenvalue weighted by Gasteiger charge is -2.09. The molecule has 2 N–H and O–H groups in total. The molecule has 1 aromatic heterocycles. The van der Waals surface area contributed by atoms with Crippen LogP contribution in [0.1, 0.15) is 51.1 Å². The van der Waals surface area contributed by atoms with E-state index < -0.39 is 0 Å². The van der Waals surface area contributed by atoms with Gasteiger partial charge in [0.25, 0.3) is 0 Å². The van der Waals surface area contributed by atoms with Crippen molar-refractivity contribution in [1.29, 1.82) is 0 Å². The molecule has 0 bridgehead atoms. The van der Waals surface area contributed by atoms with Gasteiger partial charge in [0.05, 0.1) is 5.69 Å². The van der Waals surface area contributed by atoms with Crippen LogP contribution in [0.15, 0.2) is 0 Å². The Morgan fingerprint density at radius 2 is 2.00 bits per heavy atom. The van der Waals surface area contributed by atoms with Gasteiger partial charge >= 0.3 is 0 Å². The van der Waals surface area contributed by atoms with Gasteiger partial charge in [0.15, 0.2) is 0 Å². The van der Waals surface area contributed by atoms with Crippen LogP contribution in [0.4, 0.5) is 0 Å². The quantitative estimate of drug-likeness (QED) is 0.699. The molecule has 0 aliphatic rings. The summed E-state index contributed by atoms with van der Waals surface area (Å²) in [6, 6.07) is 0.191. The third-order valence-electron chi connectivity index (χ3n) is 3.31. The molecule has 0 saturated carbocycles. The number of aryl methyl sites for hydroxylation is 2. The Bertz CT molecular complexity index is 372. The van der Waals surface area contributed by atoms with E-state index in [9.17, 15) is 0 Å². The SMILES string of the molecule is CCOCCCn1nc(CC)c(CC(C)N)c1CC. The van der Waals surface area contributed by atoms with E-state index in [4.69, 9.17) is 15.6 Å². The Hall–Kier alpha value is -0.870.